The van der Waals surface area contributed by atoms with Gasteiger partial charge < -0.3 is 5.73 Å². The second-order valence-electron chi connectivity index (χ2n) is 2.38. The molecule has 0 unspecified atom stereocenters. The Labute approximate surface area is 85.6 Å². The molecular formula is C8H11IN2O. The van der Waals surface area contributed by atoms with Crippen LogP contribution in [0.1, 0.15) is 0 Å². The van der Waals surface area contributed by atoms with Crippen molar-refractivity contribution in [2.45, 2.75) is 0 Å². The lowest BCUT2D eigenvalue weighted by atomic mass is 10.3. The van der Waals surface area contributed by atoms with E-state index in [-0.39, 0.29) is 0 Å². The van der Waals surface area contributed by atoms with Crippen molar-refractivity contribution >= 4 is 34.0 Å². The highest BCUT2D eigenvalue weighted by Crippen LogP contribution is 2.23. The van der Waals surface area contributed by atoms with Gasteiger partial charge in [-0.3, -0.25) is 9.90 Å². The fourth-order valence-electron chi connectivity index (χ4n) is 0.910. The lowest BCUT2D eigenvalue weighted by Gasteiger charge is -2.17. The molecule has 0 saturated carbocycles. The minimum absolute atomic E-state index is 0.728. The SMILES string of the molecule is CON(C)c1ccc(I)cc1N. The van der Waals surface area contributed by atoms with E-state index in [0.717, 1.165) is 14.9 Å². The van der Waals surface area contributed by atoms with Crippen LogP contribution in [-0.4, -0.2) is 14.2 Å². The fraction of sp³-hybridized carbons (Fsp3) is 0.250. The molecule has 0 atom stereocenters. The van der Waals surface area contributed by atoms with Crippen molar-refractivity contribution in [1.29, 1.82) is 0 Å². The molecule has 0 aliphatic carbocycles. The Balaban J connectivity index is 3.01. The molecule has 0 bridgehead atoms. The molecule has 3 nitrogen and oxygen atoms in total. The molecule has 1 aromatic carbocycles. The number of hydrogen-bond acceptors (Lipinski definition) is 3. The van der Waals surface area contributed by atoms with Crippen LogP contribution >= 0.6 is 22.6 Å². The van der Waals surface area contributed by atoms with Crippen LogP contribution in [0.4, 0.5) is 11.4 Å². The van der Waals surface area contributed by atoms with Crippen LogP contribution in [0.5, 0.6) is 0 Å². The van der Waals surface area contributed by atoms with Gasteiger partial charge in [0, 0.05) is 10.6 Å². The maximum absolute atomic E-state index is 5.77. The zero-order chi connectivity index (χ0) is 9.14. The molecular weight excluding hydrogens is 267 g/mol. The van der Waals surface area contributed by atoms with Crippen LogP contribution in [0.15, 0.2) is 18.2 Å². The lowest BCUT2D eigenvalue weighted by Crippen LogP contribution is -2.16. The van der Waals surface area contributed by atoms with Gasteiger partial charge in [0.05, 0.1) is 18.5 Å². The Kier molecular flexibility index (Phi) is 3.16. The highest BCUT2D eigenvalue weighted by atomic mass is 127. The summed E-state index contributed by atoms with van der Waals surface area (Å²) in [6, 6.07) is 5.83. The summed E-state index contributed by atoms with van der Waals surface area (Å²) >= 11 is 2.22. The average molecular weight is 278 g/mol. The molecule has 0 amide bonds. The molecule has 1 rings (SSSR count). The molecule has 0 radical (unpaired) electrons. The van der Waals surface area contributed by atoms with Gasteiger partial charge in [-0.15, -0.1) is 0 Å². The normalized spacial score (nSPS) is 9.92. The standard InChI is InChI=1S/C8H11IN2O/c1-11(12-2)8-4-3-6(9)5-7(8)10/h3-5H,10H2,1-2H3. The highest BCUT2D eigenvalue weighted by molar-refractivity contribution is 14.1. The molecule has 1 aromatic rings. The number of nitrogens with two attached hydrogens (primary N) is 1. The smallest absolute Gasteiger partial charge is 0.0863 e. The van der Waals surface area contributed by atoms with E-state index in [0.29, 0.717) is 0 Å². The second-order valence-corrected chi connectivity index (χ2v) is 3.63. The maximum Gasteiger partial charge on any atom is 0.0863 e. The first-order chi connectivity index (χ1) is 5.65. The van der Waals surface area contributed by atoms with Crippen LogP contribution in [0, 0.1) is 3.57 Å². The van der Waals surface area contributed by atoms with Gasteiger partial charge in [-0.25, -0.2) is 0 Å². The first kappa shape index (κ1) is 9.60. The average Bonchev–Trinajstić information content (AvgIpc) is 2.03. The summed E-state index contributed by atoms with van der Waals surface area (Å²) in [5.41, 5.74) is 7.39. The van der Waals surface area contributed by atoms with Crippen molar-refractivity contribution in [2.24, 2.45) is 0 Å². The third-order valence-electron chi connectivity index (χ3n) is 1.60. The predicted molar refractivity (Wildman–Crippen MR) is 59.0 cm³/mol. The van der Waals surface area contributed by atoms with Crippen LogP contribution in [0.3, 0.4) is 0 Å². The van der Waals surface area contributed by atoms with E-state index in [1.807, 2.05) is 25.2 Å². The minimum Gasteiger partial charge on any atom is -0.397 e. The van der Waals surface area contributed by atoms with Gasteiger partial charge >= 0.3 is 0 Å². The third kappa shape index (κ3) is 2.01. The molecule has 0 fully saturated rings. The molecule has 12 heavy (non-hydrogen) atoms. The fourth-order valence-corrected chi connectivity index (χ4v) is 1.43. The summed E-state index contributed by atoms with van der Waals surface area (Å²) in [5, 5.41) is 1.63. The number of halogens is 1. The minimum atomic E-state index is 0.728. The lowest BCUT2D eigenvalue weighted by molar-refractivity contribution is 0.185. The summed E-state index contributed by atoms with van der Waals surface area (Å²) in [6.07, 6.45) is 0. The summed E-state index contributed by atoms with van der Waals surface area (Å²) in [4.78, 5) is 5.01. The van der Waals surface area contributed by atoms with E-state index in [1.54, 1.807) is 12.2 Å². The Morgan fingerprint density at radius 1 is 1.50 bits per heavy atom. The summed E-state index contributed by atoms with van der Waals surface area (Å²) < 4.78 is 1.12. The van der Waals surface area contributed by atoms with E-state index >= 15 is 0 Å². The van der Waals surface area contributed by atoms with Crippen molar-refractivity contribution in [2.75, 3.05) is 25.0 Å². The maximum atomic E-state index is 5.77. The molecule has 66 valence electrons. The predicted octanol–water partition coefficient (Wildman–Crippen LogP) is 1.87. The van der Waals surface area contributed by atoms with Gasteiger partial charge in [0.2, 0.25) is 0 Å². The van der Waals surface area contributed by atoms with Crippen molar-refractivity contribution < 1.29 is 4.84 Å². The van der Waals surface area contributed by atoms with Crippen molar-refractivity contribution in [1.82, 2.24) is 0 Å². The zero-order valence-corrected chi connectivity index (χ0v) is 9.20. The summed E-state index contributed by atoms with van der Waals surface area (Å²) in [5.74, 6) is 0. The number of hydrogen-bond donors (Lipinski definition) is 1. The van der Waals surface area contributed by atoms with Crippen LogP contribution in [0.25, 0.3) is 0 Å². The number of benzene rings is 1. The Hall–Kier alpha value is -0.490. The first-order valence-corrected chi connectivity index (χ1v) is 4.56. The van der Waals surface area contributed by atoms with Crippen LogP contribution < -0.4 is 10.8 Å². The molecule has 0 spiro atoms. The second kappa shape index (κ2) is 3.95. The van der Waals surface area contributed by atoms with Gasteiger partial charge in [-0.2, -0.15) is 0 Å². The molecule has 2 N–H and O–H groups in total. The van der Waals surface area contributed by atoms with Crippen molar-refractivity contribution in [3.63, 3.8) is 0 Å². The van der Waals surface area contributed by atoms with Gasteiger partial charge in [-0.05, 0) is 40.8 Å². The third-order valence-corrected chi connectivity index (χ3v) is 2.27. The number of hydroxylamine groups is 1. The Bertz CT molecular complexity index is 278. The van der Waals surface area contributed by atoms with Gasteiger partial charge in [0.15, 0.2) is 0 Å². The highest BCUT2D eigenvalue weighted by Gasteiger charge is 2.03. The van der Waals surface area contributed by atoms with Crippen LogP contribution in [-0.2, 0) is 4.84 Å². The van der Waals surface area contributed by atoms with Crippen molar-refractivity contribution in [3.8, 4) is 0 Å². The quantitative estimate of drug-likeness (QED) is 0.510. The Morgan fingerprint density at radius 2 is 2.17 bits per heavy atom. The number of anilines is 2. The van der Waals surface area contributed by atoms with E-state index in [4.69, 9.17) is 10.6 Å². The van der Waals surface area contributed by atoms with E-state index < -0.39 is 0 Å². The molecule has 0 saturated heterocycles. The first-order valence-electron chi connectivity index (χ1n) is 3.48. The largest absolute Gasteiger partial charge is 0.397 e. The van der Waals surface area contributed by atoms with Gasteiger partial charge in [0.1, 0.15) is 0 Å². The van der Waals surface area contributed by atoms with Gasteiger partial charge in [-0.1, -0.05) is 0 Å². The number of nitrogen functional groups attached to an aromatic ring is 1. The molecule has 0 heterocycles. The Morgan fingerprint density at radius 3 is 2.67 bits per heavy atom. The van der Waals surface area contributed by atoms with E-state index in [1.165, 1.54) is 0 Å². The molecule has 0 aliphatic rings. The van der Waals surface area contributed by atoms with E-state index in [2.05, 4.69) is 22.6 Å². The number of nitrogens with zero attached hydrogens (tertiary/aromatic N) is 1. The summed E-state index contributed by atoms with van der Waals surface area (Å²) in [7, 11) is 3.43. The summed E-state index contributed by atoms with van der Waals surface area (Å²) in [6.45, 7) is 0. The molecule has 0 aliphatic heterocycles. The number of rotatable bonds is 2. The van der Waals surface area contributed by atoms with Gasteiger partial charge in [0.25, 0.3) is 0 Å². The monoisotopic (exact) mass is 278 g/mol. The zero-order valence-electron chi connectivity index (χ0n) is 7.04. The molecule has 0 aromatic heterocycles. The van der Waals surface area contributed by atoms with E-state index in [9.17, 15) is 0 Å². The van der Waals surface area contributed by atoms with Crippen molar-refractivity contribution in [3.05, 3.63) is 21.8 Å². The van der Waals surface area contributed by atoms with Crippen LogP contribution in [0.2, 0.25) is 0 Å². The molecule has 4 heteroatoms. The topological polar surface area (TPSA) is 38.5 Å².